The minimum absolute atomic E-state index is 0.535. The largest absolute Gasteiger partial charge is 0.319 e. The van der Waals surface area contributed by atoms with Crippen LogP contribution in [-0.4, -0.2) is 19.3 Å². The molecule has 0 aromatic rings. The van der Waals surface area contributed by atoms with Crippen molar-refractivity contribution in [3.05, 3.63) is 12.0 Å². The van der Waals surface area contributed by atoms with Gasteiger partial charge in [-0.2, -0.15) is 0 Å². The topological polar surface area (TPSA) is 24.4 Å². The number of allylic oxidation sites excluding steroid dienone is 1. The van der Waals surface area contributed by atoms with Gasteiger partial charge in [0.1, 0.15) is 6.33 Å². The molecule has 0 unspecified atom stereocenters. The fourth-order valence-electron chi connectivity index (χ4n) is 0.965. The molecule has 0 saturated heterocycles. The zero-order chi connectivity index (χ0) is 10.1. The van der Waals surface area contributed by atoms with Crippen LogP contribution in [0.1, 0.15) is 33.1 Å². The molecule has 0 heterocycles. The second-order valence-corrected chi connectivity index (χ2v) is 2.84. The third-order valence-corrected chi connectivity index (χ3v) is 1.86. The number of halogens is 1. The summed E-state index contributed by atoms with van der Waals surface area (Å²) in [5.74, 6) is 0. The molecule has 76 valence electrons. The lowest BCUT2D eigenvalue weighted by atomic mass is 10.2. The number of nitrogens with zero attached hydrogens (tertiary/aromatic N) is 1. The van der Waals surface area contributed by atoms with E-state index in [4.69, 9.17) is 0 Å². The lowest BCUT2D eigenvalue weighted by molar-refractivity contribution is 0.699. The first-order valence-corrected chi connectivity index (χ1v) is 4.78. The van der Waals surface area contributed by atoms with E-state index in [-0.39, 0.29) is 0 Å². The molecular weight excluding hydrogens is 167 g/mol. The summed E-state index contributed by atoms with van der Waals surface area (Å²) in [4.78, 5) is 4.23. The van der Waals surface area contributed by atoms with Crippen molar-refractivity contribution in [1.82, 2.24) is 5.32 Å². The maximum Gasteiger partial charge on any atom is 0.108 e. The van der Waals surface area contributed by atoms with E-state index >= 15 is 0 Å². The van der Waals surface area contributed by atoms with Crippen molar-refractivity contribution in [2.24, 2.45) is 4.99 Å². The SMILES string of the molecule is CCC(CCNC)=N/C(=C\F)CC. The molecule has 13 heavy (non-hydrogen) atoms. The van der Waals surface area contributed by atoms with E-state index in [1.54, 1.807) is 0 Å². The molecule has 0 aliphatic carbocycles. The van der Waals surface area contributed by atoms with E-state index in [1.807, 2.05) is 20.9 Å². The Morgan fingerprint density at radius 1 is 1.38 bits per heavy atom. The Labute approximate surface area is 79.9 Å². The van der Waals surface area contributed by atoms with Crippen molar-refractivity contribution in [2.75, 3.05) is 13.6 Å². The van der Waals surface area contributed by atoms with Crippen LogP contribution in [0.3, 0.4) is 0 Å². The molecule has 2 nitrogen and oxygen atoms in total. The highest BCUT2D eigenvalue weighted by atomic mass is 19.1. The first kappa shape index (κ1) is 12.3. The van der Waals surface area contributed by atoms with Crippen LogP contribution in [0.4, 0.5) is 4.39 Å². The predicted octanol–water partition coefficient (Wildman–Crippen LogP) is 2.67. The molecule has 0 aromatic carbocycles. The summed E-state index contributed by atoms with van der Waals surface area (Å²) in [6.07, 6.45) is 3.03. The average Bonchev–Trinajstić information content (AvgIpc) is 2.19. The third kappa shape index (κ3) is 5.53. The first-order valence-electron chi connectivity index (χ1n) is 4.78. The second kappa shape index (κ2) is 7.92. The quantitative estimate of drug-likeness (QED) is 0.634. The fourth-order valence-corrected chi connectivity index (χ4v) is 0.965. The Morgan fingerprint density at radius 3 is 2.46 bits per heavy atom. The van der Waals surface area contributed by atoms with Gasteiger partial charge >= 0.3 is 0 Å². The molecule has 1 N–H and O–H groups in total. The Bertz CT molecular complexity index is 185. The highest BCUT2D eigenvalue weighted by Crippen LogP contribution is 2.06. The lowest BCUT2D eigenvalue weighted by Gasteiger charge is -2.03. The minimum Gasteiger partial charge on any atom is -0.319 e. The van der Waals surface area contributed by atoms with E-state index in [0.29, 0.717) is 18.4 Å². The van der Waals surface area contributed by atoms with Crippen LogP contribution in [0.5, 0.6) is 0 Å². The molecule has 0 spiro atoms. The molecule has 0 aliphatic rings. The molecular formula is C10H19FN2. The van der Waals surface area contributed by atoms with Crippen LogP contribution in [0, 0.1) is 0 Å². The summed E-state index contributed by atoms with van der Waals surface area (Å²) >= 11 is 0. The Kier molecular flexibility index (Phi) is 7.50. The normalized spacial score (nSPS) is 13.5. The van der Waals surface area contributed by atoms with Crippen molar-refractivity contribution in [1.29, 1.82) is 0 Å². The van der Waals surface area contributed by atoms with Crippen LogP contribution in [0.25, 0.3) is 0 Å². The highest BCUT2D eigenvalue weighted by Gasteiger charge is 1.97. The first-order chi connectivity index (χ1) is 6.28. The van der Waals surface area contributed by atoms with E-state index in [9.17, 15) is 4.39 Å². The van der Waals surface area contributed by atoms with Gasteiger partial charge in [0.25, 0.3) is 0 Å². The van der Waals surface area contributed by atoms with Gasteiger partial charge in [-0.25, -0.2) is 4.39 Å². The van der Waals surface area contributed by atoms with Gasteiger partial charge in [-0.1, -0.05) is 13.8 Å². The van der Waals surface area contributed by atoms with Crippen LogP contribution in [0.2, 0.25) is 0 Å². The predicted molar refractivity (Wildman–Crippen MR) is 55.8 cm³/mol. The third-order valence-electron chi connectivity index (χ3n) is 1.86. The Balaban J connectivity index is 4.19. The van der Waals surface area contributed by atoms with Gasteiger partial charge in [0.15, 0.2) is 0 Å². The summed E-state index contributed by atoms with van der Waals surface area (Å²) in [5, 5.41) is 3.05. The molecule has 0 bridgehead atoms. The maximum absolute atomic E-state index is 12.2. The maximum atomic E-state index is 12.2. The van der Waals surface area contributed by atoms with Gasteiger partial charge < -0.3 is 5.32 Å². The van der Waals surface area contributed by atoms with Crippen molar-refractivity contribution >= 4 is 5.71 Å². The summed E-state index contributed by atoms with van der Waals surface area (Å²) < 4.78 is 12.2. The zero-order valence-corrected chi connectivity index (χ0v) is 8.73. The van der Waals surface area contributed by atoms with Gasteiger partial charge in [-0.15, -0.1) is 0 Å². The summed E-state index contributed by atoms with van der Waals surface area (Å²) in [6, 6.07) is 0. The summed E-state index contributed by atoms with van der Waals surface area (Å²) in [7, 11) is 1.90. The van der Waals surface area contributed by atoms with E-state index in [1.165, 1.54) is 0 Å². The van der Waals surface area contributed by atoms with Crippen molar-refractivity contribution in [3.8, 4) is 0 Å². The molecule has 0 aromatic heterocycles. The molecule has 0 aliphatic heterocycles. The Hall–Kier alpha value is -0.700. The van der Waals surface area contributed by atoms with Crippen LogP contribution >= 0.6 is 0 Å². The van der Waals surface area contributed by atoms with Crippen LogP contribution in [-0.2, 0) is 0 Å². The zero-order valence-electron chi connectivity index (χ0n) is 8.73. The second-order valence-electron chi connectivity index (χ2n) is 2.84. The number of hydrogen-bond donors (Lipinski definition) is 1. The van der Waals surface area contributed by atoms with Crippen molar-refractivity contribution < 1.29 is 4.39 Å². The molecule has 0 atom stereocenters. The van der Waals surface area contributed by atoms with Crippen LogP contribution < -0.4 is 5.32 Å². The molecule has 0 saturated carbocycles. The van der Waals surface area contributed by atoms with E-state index in [2.05, 4.69) is 10.3 Å². The smallest absolute Gasteiger partial charge is 0.108 e. The Morgan fingerprint density at radius 2 is 2.08 bits per heavy atom. The van der Waals surface area contributed by atoms with Crippen molar-refractivity contribution in [3.63, 3.8) is 0 Å². The van der Waals surface area contributed by atoms with Gasteiger partial charge in [0, 0.05) is 12.3 Å². The van der Waals surface area contributed by atoms with Gasteiger partial charge in [-0.05, 0) is 26.3 Å². The van der Waals surface area contributed by atoms with Crippen LogP contribution in [0.15, 0.2) is 17.0 Å². The van der Waals surface area contributed by atoms with Gasteiger partial charge in [0.2, 0.25) is 0 Å². The van der Waals surface area contributed by atoms with E-state index < -0.39 is 0 Å². The summed E-state index contributed by atoms with van der Waals surface area (Å²) in [5.41, 5.74) is 1.59. The summed E-state index contributed by atoms with van der Waals surface area (Å²) in [6.45, 7) is 4.84. The number of aliphatic imine (C=N–C) groups is 1. The molecule has 0 amide bonds. The molecule has 0 fully saturated rings. The molecule has 3 heteroatoms. The van der Waals surface area contributed by atoms with E-state index in [0.717, 1.165) is 25.1 Å². The number of nitrogens with one attached hydrogen (secondary N) is 1. The number of rotatable bonds is 6. The van der Waals surface area contributed by atoms with Gasteiger partial charge in [0.05, 0.1) is 5.70 Å². The monoisotopic (exact) mass is 186 g/mol. The lowest BCUT2D eigenvalue weighted by Crippen LogP contribution is -2.12. The van der Waals surface area contributed by atoms with Crippen molar-refractivity contribution in [2.45, 2.75) is 33.1 Å². The minimum atomic E-state index is 0.535. The number of hydrogen-bond acceptors (Lipinski definition) is 2. The average molecular weight is 186 g/mol. The standard InChI is InChI=1S/C10H19FN2/c1-4-9(6-7-12-3)13-10(5-2)8-11/h8,12H,4-7H2,1-3H3/b10-8-,13-9?. The molecule has 0 rings (SSSR count). The molecule has 0 radical (unpaired) electrons. The fraction of sp³-hybridized carbons (Fsp3) is 0.700. The highest BCUT2D eigenvalue weighted by molar-refractivity contribution is 5.85. The van der Waals surface area contributed by atoms with Gasteiger partial charge in [-0.3, -0.25) is 4.99 Å².